The van der Waals surface area contributed by atoms with Crippen molar-refractivity contribution in [3.63, 3.8) is 0 Å². The zero-order valence-corrected chi connectivity index (χ0v) is 12.6. The number of carbonyl (C=O) groups excluding carboxylic acids is 1. The van der Waals surface area contributed by atoms with Gasteiger partial charge in [0.1, 0.15) is 0 Å². The molecule has 0 aliphatic heterocycles. The van der Waals surface area contributed by atoms with Crippen LogP contribution in [0.25, 0.3) is 10.9 Å². The summed E-state index contributed by atoms with van der Waals surface area (Å²) in [6.07, 6.45) is 2.97. The second-order valence-electron chi connectivity index (χ2n) is 4.73. The van der Waals surface area contributed by atoms with Gasteiger partial charge in [-0.25, -0.2) is 0 Å². The molecule has 0 aliphatic rings. The van der Waals surface area contributed by atoms with Crippen molar-refractivity contribution in [1.29, 1.82) is 0 Å². The van der Waals surface area contributed by atoms with Crippen molar-refractivity contribution >= 4 is 34.1 Å². The molecule has 21 heavy (non-hydrogen) atoms. The first kappa shape index (κ1) is 15.7. The normalized spacial score (nSPS) is 12.3. The molecule has 6 heteroatoms. The Morgan fingerprint density at radius 3 is 3.05 bits per heavy atom. The zero-order valence-electron chi connectivity index (χ0n) is 11.8. The fraction of sp³-hybridized carbons (Fsp3) is 0.333. The molecule has 0 saturated carbocycles. The van der Waals surface area contributed by atoms with E-state index in [1.165, 1.54) is 0 Å². The molecule has 1 aromatic carbocycles. The smallest absolute Gasteiger partial charge is 0.241 e. The Morgan fingerprint density at radius 2 is 2.29 bits per heavy atom. The highest BCUT2D eigenvalue weighted by molar-refractivity contribution is 6.35. The summed E-state index contributed by atoms with van der Waals surface area (Å²) in [6.45, 7) is 0.590. The topological polar surface area (TPSA) is 77.2 Å². The second kappa shape index (κ2) is 7.36. The lowest BCUT2D eigenvalue weighted by Crippen LogP contribution is -2.35. The van der Waals surface area contributed by atoms with Crippen molar-refractivity contribution in [2.75, 3.05) is 19.0 Å². The Bertz CT molecular complexity index is 633. The molecular weight excluding hydrogens is 290 g/mol. The maximum Gasteiger partial charge on any atom is 0.241 e. The lowest BCUT2D eigenvalue weighted by atomic mass is 10.1. The number of hydrogen-bond donors (Lipinski definition) is 2. The zero-order chi connectivity index (χ0) is 15.2. The fourth-order valence-electron chi connectivity index (χ4n) is 2.04. The van der Waals surface area contributed by atoms with Gasteiger partial charge in [-0.1, -0.05) is 11.6 Å². The predicted octanol–water partition coefficient (Wildman–Crippen LogP) is 2.58. The summed E-state index contributed by atoms with van der Waals surface area (Å²) < 4.78 is 4.95. The highest BCUT2D eigenvalue weighted by Gasteiger charge is 2.15. The number of pyridine rings is 1. The van der Waals surface area contributed by atoms with Crippen LogP contribution in [0.1, 0.15) is 12.8 Å². The lowest BCUT2D eigenvalue weighted by molar-refractivity contribution is -0.117. The first-order chi connectivity index (χ1) is 10.1. The molecule has 1 unspecified atom stereocenters. The number of methoxy groups -OCH3 is 1. The largest absolute Gasteiger partial charge is 0.385 e. The fourth-order valence-corrected chi connectivity index (χ4v) is 2.26. The summed E-state index contributed by atoms with van der Waals surface area (Å²) in [5.74, 6) is -0.236. The summed E-state index contributed by atoms with van der Waals surface area (Å²) in [5, 5.41) is 4.21. The molecule has 1 aromatic heterocycles. The standard InChI is InChI=1S/C15H18ClN3O2/c1-21-9-3-5-12(17)15(20)19-13-7-6-11(16)10-4-2-8-18-14(10)13/h2,4,6-8,12H,3,5,9,17H2,1H3,(H,19,20). The summed E-state index contributed by atoms with van der Waals surface area (Å²) in [5.41, 5.74) is 7.13. The van der Waals surface area contributed by atoms with Crippen molar-refractivity contribution in [3.8, 4) is 0 Å². The number of hydrogen-bond acceptors (Lipinski definition) is 4. The van der Waals surface area contributed by atoms with Crippen LogP contribution in [0.3, 0.4) is 0 Å². The molecule has 5 nitrogen and oxygen atoms in total. The van der Waals surface area contributed by atoms with Crippen LogP contribution in [0.2, 0.25) is 5.02 Å². The van der Waals surface area contributed by atoms with Gasteiger partial charge in [0.2, 0.25) is 5.91 Å². The number of nitrogens with one attached hydrogen (secondary N) is 1. The van der Waals surface area contributed by atoms with E-state index in [1.807, 2.05) is 6.07 Å². The van der Waals surface area contributed by atoms with E-state index < -0.39 is 6.04 Å². The summed E-state index contributed by atoms with van der Waals surface area (Å²) >= 11 is 6.12. The number of amides is 1. The molecule has 0 aliphatic carbocycles. The molecule has 0 radical (unpaired) electrons. The molecule has 2 aromatic rings. The van der Waals surface area contributed by atoms with Crippen molar-refractivity contribution in [3.05, 3.63) is 35.5 Å². The van der Waals surface area contributed by atoms with E-state index in [4.69, 9.17) is 22.1 Å². The number of carbonyl (C=O) groups is 1. The van der Waals surface area contributed by atoms with Gasteiger partial charge >= 0.3 is 0 Å². The van der Waals surface area contributed by atoms with Gasteiger partial charge in [0.15, 0.2) is 0 Å². The van der Waals surface area contributed by atoms with Crippen LogP contribution in [0.4, 0.5) is 5.69 Å². The molecular formula is C15H18ClN3O2. The molecule has 112 valence electrons. The third-order valence-electron chi connectivity index (χ3n) is 3.17. The van der Waals surface area contributed by atoms with Crippen molar-refractivity contribution in [1.82, 2.24) is 4.98 Å². The molecule has 2 rings (SSSR count). The molecule has 1 atom stereocenters. The Morgan fingerprint density at radius 1 is 1.48 bits per heavy atom. The predicted molar refractivity (Wildman–Crippen MR) is 84.5 cm³/mol. The van der Waals surface area contributed by atoms with Gasteiger partial charge in [-0.05, 0) is 37.1 Å². The van der Waals surface area contributed by atoms with Gasteiger partial charge < -0.3 is 15.8 Å². The van der Waals surface area contributed by atoms with E-state index in [0.29, 0.717) is 29.3 Å². The number of anilines is 1. The van der Waals surface area contributed by atoms with E-state index in [9.17, 15) is 4.79 Å². The molecule has 0 spiro atoms. The molecule has 0 saturated heterocycles. The number of nitrogens with two attached hydrogens (primary N) is 1. The Labute approximate surface area is 128 Å². The van der Waals surface area contributed by atoms with Crippen molar-refractivity contribution in [2.24, 2.45) is 5.73 Å². The van der Waals surface area contributed by atoms with E-state index in [0.717, 1.165) is 11.8 Å². The first-order valence-electron chi connectivity index (χ1n) is 6.72. The average molecular weight is 308 g/mol. The van der Waals surface area contributed by atoms with Crippen molar-refractivity contribution < 1.29 is 9.53 Å². The van der Waals surface area contributed by atoms with Crippen LogP contribution in [0.15, 0.2) is 30.5 Å². The summed E-state index contributed by atoms with van der Waals surface area (Å²) in [6, 6.07) is 6.55. The monoisotopic (exact) mass is 307 g/mol. The van der Waals surface area contributed by atoms with E-state index in [-0.39, 0.29) is 5.91 Å². The second-order valence-corrected chi connectivity index (χ2v) is 5.13. The number of aromatic nitrogens is 1. The van der Waals surface area contributed by atoms with E-state index >= 15 is 0 Å². The molecule has 3 N–H and O–H groups in total. The molecule has 1 heterocycles. The number of halogens is 1. The first-order valence-corrected chi connectivity index (χ1v) is 7.10. The number of nitrogens with zero attached hydrogens (tertiary/aromatic N) is 1. The number of fused-ring (bicyclic) bond motifs is 1. The molecule has 1 amide bonds. The summed E-state index contributed by atoms with van der Waals surface area (Å²) in [7, 11) is 1.62. The van der Waals surface area contributed by atoms with Crippen molar-refractivity contribution in [2.45, 2.75) is 18.9 Å². The minimum atomic E-state index is -0.574. The maximum atomic E-state index is 12.1. The van der Waals surface area contributed by atoms with E-state index in [2.05, 4.69) is 10.3 Å². The van der Waals surface area contributed by atoms with E-state index in [1.54, 1.807) is 31.5 Å². The molecule has 0 fully saturated rings. The van der Waals surface area contributed by atoms with Gasteiger partial charge in [0.05, 0.1) is 22.3 Å². The highest BCUT2D eigenvalue weighted by Crippen LogP contribution is 2.28. The lowest BCUT2D eigenvalue weighted by Gasteiger charge is -2.13. The van der Waals surface area contributed by atoms with Crippen LogP contribution < -0.4 is 11.1 Å². The minimum Gasteiger partial charge on any atom is -0.385 e. The van der Waals surface area contributed by atoms with Crippen LogP contribution in [-0.4, -0.2) is 30.6 Å². The summed E-state index contributed by atoms with van der Waals surface area (Å²) in [4.78, 5) is 16.4. The highest BCUT2D eigenvalue weighted by atomic mass is 35.5. The Balaban J connectivity index is 2.13. The van der Waals surface area contributed by atoms with Gasteiger partial charge in [-0.15, -0.1) is 0 Å². The van der Waals surface area contributed by atoms with Gasteiger partial charge in [-0.3, -0.25) is 9.78 Å². The third kappa shape index (κ3) is 3.91. The van der Waals surface area contributed by atoms with Gasteiger partial charge in [0.25, 0.3) is 0 Å². The third-order valence-corrected chi connectivity index (χ3v) is 3.50. The van der Waals surface area contributed by atoms with Gasteiger partial charge in [-0.2, -0.15) is 0 Å². The van der Waals surface area contributed by atoms with Crippen LogP contribution in [-0.2, 0) is 9.53 Å². The maximum absolute atomic E-state index is 12.1. The van der Waals surface area contributed by atoms with Gasteiger partial charge in [0, 0.05) is 25.3 Å². The van der Waals surface area contributed by atoms with Crippen LogP contribution >= 0.6 is 11.6 Å². The number of rotatable bonds is 6. The number of benzene rings is 1. The SMILES string of the molecule is COCCCC(N)C(=O)Nc1ccc(Cl)c2cccnc12. The average Bonchev–Trinajstić information content (AvgIpc) is 2.50. The molecule has 0 bridgehead atoms. The van der Waals surface area contributed by atoms with Crippen LogP contribution in [0.5, 0.6) is 0 Å². The van der Waals surface area contributed by atoms with Crippen LogP contribution in [0, 0.1) is 0 Å². The minimum absolute atomic E-state index is 0.236. The number of ether oxygens (including phenoxy) is 1. The Hall–Kier alpha value is -1.69. The Kier molecular flexibility index (Phi) is 5.50. The quantitative estimate of drug-likeness (QED) is 0.804.